The highest BCUT2D eigenvalue weighted by molar-refractivity contribution is 5.87. The van der Waals surface area contributed by atoms with Crippen LogP contribution in [0.3, 0.4) is 0 Å². The van der Waals surface area contributed by atoms with E-state index in [4.69, 9.17) is 9.72 Å². The molecule has 1 aromatic heterocycles. The van der Waals surface area contributed by atoms with E-state index in [9.17, 15) is 10.4 Å². The lowest BCUT2D eigenvalue weighted by molar-refractivity contribution is 0.281. The first kappa shape index (κ1) is 16.4. The summed E-state index contributed by atoms with van der Waals surface area (Å²) in [5, 5.41) is 20.2. The summed E-state index contributed by atoms with van der Waals surface area (Å²) in [5.41, 5.74) is 4.27. The third-order valence-electron chi connectivity index (χ3n) is 4.83. The number of aromatic nitrogens is 1. The fourth-order valence-electron chi connectivity index (χ4n) is 3.45. The van der Waals surface area contributed by atoms with Gasteiger partial charge in [-0.1, -0.05) is 24.3 Å². The zero-order chi connectivity index (χ0) is 18.1. The van der Waals surface area contributed by atoms with Crippen LogP contribution >= 0.6 is 0 Å². The zero-order valence-electron chi connectivity index (χ0n) is 14.6. The summed E-state index contributed by atoms with van der Waals surface area (Å²) in [4.78, 5) is 6.87. The molecule has 0 aliphatic carbocycles. The Kier molecular flexibility index (Phi) is 4.19. The van der Waals surface area contributed by atoms with Crippen LogP contribution < -0.4 is 9.64 Å². The van der Waals surface area contributed by atoms with Crippen molar-refractivity contribution in [2.24, 2.45) is 0 Å². The molecule has 0 saturated heterocycles. The lowest BCUT2D eigenvalue weighted by atomic mass is 10.0. The zero-order valence-corrected chi connectivity index (χ0v) is 14.6. The molecule has 0 atom stereocenters. The van der Waals surface area contributed by atoms with Crippen molar-refractivity contribution >= 4 is 16.7 Å². The van der Waals surface area contributed by atoms with Crippen molar-refractivity contribution in [3.05, 3.63) is 64.7 Å². The predicted molar refractivity (Wildman–Crippen MR) is 100 cm³/mol. The van der Waals surface area contributed by atoms with E-state index in [1.54, 1.807) is 0 Å². The van der Waals surface area contributed by atoms with Gasteiger partial charge in [0.15, 0.2) is 0 Å². The van der Waals surface area contributed by atoms with Crippen LogP contribution in [0.5, 0.6) is 5.75 Å². The molecule has 3 aromatic rings. The highest BCUT2D eigenvalue weighted by Gasteiger charge is 2.22. The van der Waals surface area contributed by atoms with Crippen LogP contribution in [0.15, 0.2) is 42.5 Å². The molecule has 0 spiro atoms. The first-order valence-corrected chi connectivity index (χ1v) is 8.61. The number of rotatable bonds is 2. The van der Waals surface area contributed by atoms with E-state index in [1.165, 1.54) is 0 Å². The molecule has 1 aliphatic heterocycles. The van der Waals surface area contributed by atoms with E-state index in [-0.39, 0.29) is 6.61 Å². The fraction of sp³-hybridized carbons (Fsp3) is 0.238. The van der Waals surface area contributed by atoms with Crippen molar-refractivity contribution in [3.8, 4) is 11.8 Å². The molecule has 0 fully saturated rings. The minimum atomic E-state index is -0.00986. The molecule has 5 nitrogen and oxygen atoms in total. The molecule has 0 radical (unpaired) electrons. The van der Waals surface area contributed by atoms with Gasteiger partial charge in [0.1, 0.15) is 24.2 Å². The lowest BCUT2D eigenvalue weighted by Crippen LogP contribution is -2.27. The van der Waals surface area contributed by atoms with Gasteiger partial charge in [0.05, 0.1) is 24.2 Å². The summed E-state index contributed by atoms with van der Waals surface area (Å²) >= 11 is 0. The average molecular weight is 345 g/mol. The van der Waals surface area contributed by atoms with Crippen molar-refractivity contribution < 1.29 is 9.84 Å². The summed E-state index contributed by atoms with van der Waals surface area (Å²) in [7, 11) is 0. The van der Waals surface area contributed by atoms with Crippen LogP contribution in [0.25, 0.3) is 10.9 Å². The van der Waals surface area contributed by atoms with Gasteiger partial charge >= 0.3 is 0 Å². The topological polar surface area (TPSA) is 69.4 Å². The van der Waals surface area contributed by atoms with Crippen LogP contribution in [0, 0.1) is 18.3 Å². The molecule has 0 saturated carbocycles. The van der Waals surface area contributed by atoms with Crippen molar-refractivity contribution in [1.29, 1.82) is 5.26 Å². The monoisotopic (exact) mass is 345 g/mol. The number of hydrogen-bond donors (Lipinski definition) is 1. The number of para-hydroxylation sites is 1. The molecule has 0 amide bonds. The first-order valence-electron chi connectivity index (χ1n) is 8.61. The molecular formula is C21H19N3O2. The van der Waals surface area contributed by atoms with Crippen molar-refractivity contribution in [2.75, 3.05) is 18.1 Å². The van der Waals surface area contributed by atoms with Gasteiger partial charge in [-0.15, -0.1) is 0 Å². The van der Waals surface area contributed by atoms with Gasteiger partial charge in [-0.2, -0.15) is 5.26 Å². The maximum absolute atomic E-state index is 9.76. The summed E-state index contributed by atoms with van der Waals surface area (Å²) in [6, 6.07) is 15.9. The highest BCUT2D eigenvalue weighted by Crippen LogP contribution is 2.31. The third kappa shape index (κ3) is 2.75. The maximum atomic E-state index is 9.76. The van der Waals surface area contributed by atoms with Crippen LogP contribution in [0.2, 0.25) is 0 Å². The predicted octanol–water partition coefficient (Wildman–Crippen LogP) is 3.31. The Hall–Kier alpha value is -3.10. The van der Waals surface area contributed by atoms with E-state index < -0.39 is 0 Å². The van der Waals surface area contributed by atoms with Gasteiger partial charge in [-0.25, -0.2) is 4.98 Å². The van der Waals surface area contributed by atoms with Gasteiger partial charge in [0.2, 0.25) is 0 Å². The van der Waals surface area contributed by atoms with E-state index in [2.05, 4.69) is 11.0 Å². The first-order chi connectivity index (χ1) is 12.7. The number of aryl methyl sites for hydroxylation is 1. The van der Waals surface area contributed by atoms with Gasteiger partial charge < -0.3 is 14.7 Å². The largest absolute Gasteiger partial charge is 0.491 e. The minimum Gasteiger partial charge on any atom is -0.491 e. The molecule has 1 N–H and O–H groups in total. The number of fused-ring (bicyclic) bond motifs is 2. The normalized spacial score (nSPS) is 13.7. The second-order valence-corrected chi connectivity index (χ2v) is 6.43. The van der Waals surface area contributed by atoms with E-state index >= 15 is 0 Å². The van der Waals surface area contributed by atoms with Gasteiger partial charge in [-0.3, -0.25) is 0 Å². The molecule has 4 rings (SSSR count). The molecule has 130 valence electrons. The van der Waals surface area contributed by atoms with Crippen LogP contribution in [-0.2, 0) is 13.2 Å². The Bertz CT molecular complexity index is 1020. The summed E-state index contributed by atoms with van der Waals surface area (Å²) in [5.74, 6) is 1.51. The Labute approximate surface area is 152 Å². The van der Waals surface area contributed by atoms with Crippen LogP contribution in [0.1, 0.15) is 22.3 Å². The van der Waals surface area contributed by atoms with Gasteiger partial charge in [0, 0.05) is 17.5 Å². The Morgan fingerprint density at radius 2 is 2.12 bits per heavy atom. The van der Waals surface area contributed by atoms with Crippen molar-refractivity contribution in [2.45, 2.75) is 20.1 Å². The number of hydrogen-bond acceptors (Lipinski definition) is 5. The maximum Gasteiger partial charge on any atom is 0.147 e. The smallest absolute Gasteiger partial charge is 0.147 e. The third-order valence-corrected chi connectivity index (χ3v) is 4.83. The van der Waals surface area contributed by atoms with E-state index in [0.717, 1.165) is 33.3 Å². The molecule has 0 unspecified atom stereocenters. The molecule has 2 heterocycles. The Balaban J connectivity index is 1.83. The summed E-state index contributed by atoms with van der Waals surface area (Å²) in [6.07, 6.45) is 0. The average Bonchev–Trinajstić information content (AvgIpc) is 2.89. The van der Waals surface area contributed by atoms with Gasteiger partial charge in [0.25, 0.3) is 0 Å². The Morgan fingerprint density at radius 1 is 1.27 bits per heavy atom. The van der Waals surface area contributed by atoms with Crippen LogP contribution in [-0.4, -0.2) is 23.2 Å². The Morgan fingerprint density at radius 3 is 2.92 bits per heavy atom. The van der Waals surface area contributed by atoms with E-state index in [1.807, 2.05) is 49.4 Å². The minimum absolute atomic E-state index is 0.00986. The second kappa shape index (κ2) is 6.66. The molecule has 0 bridgehead atoms. The number of aliphatic hydroxyl groups excluding tert-OH is 1. The number of anilines is 1. The molecule has 5 heteroatoms. The quantitative estimate of drug-likeness (QED) is 0.772. The summed E-state index contributed by atoms with van der Waals surface area (Å²) < 4.78 is 5.86. The highest BCUT2D eigenvalue weighted by atomic mass is 16.5. The number of nitrogens with zero attached hydrogens (tertiary/aromatic N) is 3. The lowest BCUT2D eigenvalue weighted by Gasteiger charge is -2.23. The molecular weight excluding hydrogens is 326 g/mol. The molecule has 26 heavy (non-hydrogen) atoms. The molecule has 2 aromatic carbocycles. The molecule has 1 aliphatic rings. The standard InChI is InChI=1S/C21H19N3O2/c1-14-17-4-2-3-5-19(17)23-21(18(14)11-22)24-8-9-26-20-7-6-15(13-25)10-16(20)12-24/h2-7,10,25H,8-9,12-13H2,1H3. The van der Waals surface area contributed by atoms with Crippen molar-refractivity contribution in [3.63, 3.8) is 0 Å². The number of ether oxygens (including phenoxy) is 1. The van der Waals surface area contributed by atoms with E-state index in [0.29, 0.717) is 31.1 Å². The second-order valence-electron chi connectivity index (χ2n) is 6.43. The van der Waals surface area contributed by atoms with Crippen molar-refractivity contribution in [1.82, 2.24) is 4.98 Å². The number of pyridine rings is 1. The van der Waals surface area contributed by atoms with Gasteiger partial charge in [-0.05, 0) is 36.2 Å². The van der Waals surface area contributed by atoms with Crippen LogP contribution in [0.4, 0.5) is 5.82 Å². The number of nitriles is 1. The fourth-order valence-corrected chi connectivity index (χ4v) is 3.45. The SMILES string of the molecule is Cc1c(C#N)c(N2CCOc3ccc(CO)cc3C2)nc2ccccc12. The summed E-state index contributed by atoms with van der Waals surface area (Å²) in [6.45, 7) is 3.71. The number of aliphatic hydroxyl groups is 1. The number of benzene rings is 2.